The zero-order chi connectivity index (χ0) is 13.1. The summed E-state index contributed by atoms with van der Waals surface area (Å²) in [6, 6.07) is 5.34. The molecule has 0 saturated heterocycles. The highest BCUT2D eigenvalue weighted by Gasteiger charge is 2.21. The van der Waals surface area contributed by atoms with Crippen LogP contribution in [0.5, 0.6) is 5.75 Å². The van der Waals surface area contributed by atoms with Crippen molar-refractivity contribution in [3.8, 4) is 5.75 Å². The summed E-state index contributed by atoms with van der Waals surface area (Å²) in [5, 5.41) is 9.18. The molecular formula is C15H20O3. The van der Waals surface area contributed by atoms with Crippen LogP contribution in [0, 0.1) is 12.8 Å². The Hall–Kier alpha value is -1.51. The minimum Gasteiger partial charge on any atom is -0.490 e. The second kappa shape index (κ2) is 5.42. The molecule has 98 valence electrons. The number of carbonyl (C=O) groups is 1. The van der Waals surface area contributed by atoms with Crippen LogP contribution in [0.4, 0.5) is 0 Å². The average Bonchev–Trinajstić information content (AvgIpc) is 2.34. The molecule has 0 aliphatic heterocycles. The fraction of sp³-hybridized carbons (Fsp3) is 0.533. The molecule has 1 fully saturated rings. The van der Waals surface area contributed by atoms with Gasteiger partial charge >= 0.3 is 5.97 Å². The molecular weight excluding hydrogens is 228 g/mol. The zero-order valence-electron chi connectivity index (χ0n) is 11.0. The van der Waals surface area contributed by atoms with Crippen LogP contribution in [0.15, 0.2) is 18.2 Å². The fourth-order valence-corrected chi connectivity index (χ4v) is 2.44. The van der Waals surface area contributed by atoms with Gasteiger partial charge in [0.2, 0.25) is 0 Å². The van der Waals surface area contributed by atoms with Crippen molar-refractivity contribution in [3.05, 3.63) is 29.3 Å². The molecule has 18 heavy (non-hydrogen) atoms. The first-order valence-electron chi connectivity index (χ1n) is 6.57. The Morgan fingerprint density at radius 1 is 1.28 bits per heavy atom. The molecule has 1 aromatic carbocycles. The van der Waals surface area contributed by atoms with Crippen LogP contribution in [-0.2, 0) is 0 Å². The number of rotatable bonds is 3. The van der Waals surface area contributed by atoms with Crippen molar-refractivity contribution in [2.45, 2.75) is 45.6 Å². The molecule has 1 N–H and O–H groups in total. The van der Waals surface area contributed by atoms with E-state index in [0.29, 0.717) is 5.75 Å². The van der Waals surface area contributed by atoms with Crippen LogP contribution in [-0.4, -0.2) is 17.2 Å². The van der Waals surface area contributed by atoms with Gasteiger partial charge in [-0.15, -0.1) is 0 Å². The third-order valence-electron chi connectivity index (χ3n) is 3.62. The third-order valence-corrected chi connectivity index (χ3v) is 3.62. The number of aryl methyl sites for hydroxylation is 1. The van der Waals surface area contributed by atoms with E-state index in [1.54, 1.807) is 12.1 Å². The number of aromatic carboxylic acids is 1. The first-order chi connectivity index (χ1) is 8.56. The summed E-state index contributed by atoms with van der Waals surface area (Å²) in [5.41, 5.74) is 1.21. The first-order valence-corrected chi connectivity index (χ1v) is 6.57. The van der Waals surface area contributed by atoms with Crippen LogP contribution >= 0.6 is 0 Å². The fourth-order valence-electron chi connectivity index (χ4n) is 2.44. The Kier molecular flexibility index (Phi) is 3.90. The Bertz CT molecular complexity index is 431. The molecule has 0 aromatic heterocycles. The summed E-state index contributed by atoms with van der Waals surface area (Å²) in [5.74, 6) is 0.354. The Labute approximate surface area is 108 Å². The Morgan fingerprint density at radius 3 is 2.56 bits per heavy atom. The summed E-state index contributed by atoms with van der Waals surface area (Å²) in [7, 11) is 0. The SMILES string of the molecule is Cc1ccc(OC2CCC(C)CC2)c(C(=O)O)c1. The van der Waals surface area contributed by atoms with Gasteiger partial charge in [-0.05, 0) is 50.7 Å². The molecule has 1 aliphatic rings. The molecule has 0 atom stereocenters. The Morgan fingerprint density at radius 2 is 1.94 bits per heavy atom. The maximum absolute atomic E-state index is 11.2. The predicted octanol–water partition coefficient (Wildman–Crippen LogP) is 3.65. The molecule has 1 aliphatic carbocycles. The molecule has 1 saturated carbocycles. The average molecular weight is 248 g/mol. The summed E-state index contributed by atoms with van der Waals surface area (Å²) in [6.45, 7) is 4.14. The highest BCUT2D eigenvalue weighted by Crippen LogP contribution is 2.29. The van der Waals surface area contributed by atoms with Crippen molar-refractivity contribution in [2.24, 2.45) is 5.92 Å². The summed E-state index contributed by atoms with van der Waals surface area (Å²) < 4.78 is 5.87. The topological polar surface area (TPSA) is 46.5 Å². The number of ether oxygens (including phenoxy) is 1. The monoisotopic (exact) mass is 248 g/mol. The van der Waals surface area contributed by atoms with Gasteiger partial charge in [-0.25, -0.2) is 4.79 Å². The van der Waals surface area contributed by atoms with Crippen molar-refractivity contribution in [1.82, 2.24) is 0 Å². The van der Waals surface area contributed by atoms with Gasteiger partial charge in [0.15, 0.2) is 0 Å². The summed E-state index contributed by atoms with van der Waals surface area (Å²) in [4.78, 5) is 11.2. The van der Waals surface area contributed by atoms with Gasteiger partial charge in [0.1, 0.15) is 11.3 Å². The molecule has 1 aromatic rings. The van der Waals surface area contributed by atoms with Crippen LogP contribution in [0.2, 0.25) is 0 Å². The molecule has 0 radical (unpaired) electrons. The van der Waals surface area contributed by atoms with E-state index in [1.807, 2.05) is 13.0 Å². The number of carboxylic acid groups (broad SMARTS) is 1. The quantitative estimate of drug-likeness (QED) is 0.888. The lowest BCUT2D eigenvalue weighted by Crippen LogP contribution is -2.23. The van der Waals surface area contributed by atoms with E-state index in [0.717, 1.165) is 24.3 Å². The smallest absolute Gasteiger partial charge is 0.339 e. The van der Waals surface area contributed by atoms with Crippen molar-refractivity contribution < 1.29 is 14.6 Å². The number of hydrogen-bond acceptors (Lipinski definition) is 2. The van der Waals surface area contributed by atoms with Crippen molar-refractivity contribution in [2.75, 3.05) is 0 Å². The normalized spacial score (nSPS) is 23.7. The van der Waals surface area contributed by atoms with Crippen LogP contribution in [0.25, 0.3) is 0 Å². The van der Waals surface area contributed by atoms with Gasteiger partial charge in [-0.3, -0.25) is 0 Å². The lowest BCUT2D eigenvalue weighted by molar-refractivity contribution is 0.0684. The van der Waals surface area contributed by atoms with Gasteiger partial charge in [0, 0.05) is 0 Å². The van der Waals surface area contributed by atoms with E-state index >= 15 is 0 Å². The highest BCUT2D eigenvalue weighted by molar-refractivity contribution is 5.91. The van der Waals surface area contributed by atoms with Gasteiger partial charge in [-0.2, -0.15) is 0 Å². The minimum atomic E-state index is -0.919. The maximum atomic E-state index is 11.2. The van der Waals surface area contributed by atoms with E-state index in [9.17, 15) is 9.90 Å². The largest absolute Gasteiger partial charge is 0.490 e. The molecule has 0 amide bonds. The van der Waals surface area contributed by atoms with E-state index in [4.69, 9.17) is 4.74 Å². The number of hydrogen-bond donors (Lipinski definition) is 1. The van der Waals surface area contributed by atoms with Gasteiger partial charge in [0.25, 0.3) is 0 Å². The van der Waals surface area contributed by atoms with Gasteiger partial charge < -0.3 is 9.84 Å². The molecule has 0 unspecified atom stereocenters. The van der Waals surface area contributed by atoms with Crippen molar-refractivity contribution >= 4 is 5.97 Å². The van der Waals surface area contributed by atoms with E-state index in [2.05, 4.69) is 6.92 Å². The van der Waals surface area contributed by atoms with E-state index in [1.165, 1.54) is 12.8 Å². The second-order valence-corrected chi connectivity index (χ2v) is 5.30. The maximum Gasteiger partial charge on any atom is 0.339 e. The predicted molar refractivity (Wildman–Crippen MR) is 70.2 cm³/mol. The first kappa shape index (κ1) is 12.9. The standard InChI is InChI=1S/C15H20O3/c1-10-3-6-12(7-4-10)18-14-8-5-11(2)9-13(14)15(16)17/h5,8-10,12H,3-4,6-7H2,1-2H3,(H,16,17). The number of carboxylic acids is 1. The lowest BCUT2D eigenvalue weighted by atomic mass is 9.89. The van der Waals surface area contributed by atoms with Crippen molar-refractivity contribution in [1.29, 1.82) is 0 Å². The zero-order valence-corrected chi connectivity index (χ0v) is 11.0. The lowest BCUT2D eigenvalue weighted by Gasteiger charge is -2.27. The van der Waals surface area contributed by atoms with Gasteiger partial charge in [-0.1, -0.05) is 18.6 Å². The summed E-state index contributed by atoms with van der Waals surface area (Å²) >= 11 is 0. The van der Waals surface area contributed by atoms with E-state index in [-0.39, 0.29) is 11.7 Å². The molecule has 0 bridgehead atoms. The van der Waals surface area contributed by atoms with Crippen LogP contribution < -0.4 is 4.74 Å². The Balaban J connectivity index is 2.11. The third kappa shape index (κ3) is 3.03. The molecule has 0 spiro atoms. The molecule has 3 nitrogen and oxygen atoms in total. The van der Waals surface area contributed by atoms with Gasteiger partial charge in [0.05, 0.1) is 6.10 Å². The molecule has 0 heterocycles. The molecule has 3 heteroatoms. The van der Waals surface area contributed by atoms with Crippen molar-refractivity contribution in [3.63, 3.8) is 0 Å². The highest BCUT2D eigenvalue weighted by atomic mass is 16.5. The van der Waals surface area contributed by atoms with Crippen LogP contribution in [0.1, 0.15) is 48.5 Å². The second-order valence-electron chi connectivity index (χ2n) is 5.30. The van der Waals surface area contributed by atoms with Crippen LogP contribution in [0.3, 0.4) is 0 Å². The summed E-state index contributed by atoms with van der Waals surface area (Å²) in [6.07, 6.45) is 4.54. The molecule has 2 rings (SSSR count). The number of benzene rings is 1. The van der Waals surface area contributed by atoms with E-state index < -0.39 is 5.97 Å². The minimum absolute atomic E-state index is 0.169.